The smallest absolute Gasteiger partial charge is 0.235 e. The third-order valence-electron chi connectivity index (χ3n) is 3.90. The van der Waals surface area contributed by atoms with Crippen molar-refractivity contribution in [2.75, 3.05) is 18.5 Å². The van der Waals surface area contributed by atoms with Crippen molar-refractivity contribution < 1.29 is 9.53 Å². The number of benzene rings is 1. The fourth-order valence-corrected chi connectivity index (χ4v) is 2.35. The number of amides is 1. The highest BCUT2D eigenvalue weighted by molar-refractivity contribution is 5.96. The Morgan fingerprint density at radius 3 is 2.42 bits per heavy atom. The van der Waals surface area contributed by atoms with Crippen LogP contribution in [0.25, 0.3) is 0 Å². The highest BCUT2D eigenvalue weighted by atomic mass is 16.5. The molecule has 0 bridgehead atoms. The topological polar surface area (TPSA) is 38.3 Å². The maximum atomic E-state index is 12.4. The van der Waals surface area contributed by atoms with Crippen LogP contribution >= 0.6 is 0 Å². The number of hydrogen-bond donors (Lipinski definition) is 1. The molecule has 1 fully saturated rings. The van der Waals surface area contributed by atoms with Gasteiger partial charge in [-0.15, -0.1) is 0 Å². The van der Waals surface area contributed by atoms with Crippen LogP contribution in [-0.2, 0) is 14.9 Å². The first kappa shape index (κ1) is 14.1. The molecule has 0 spiro atoms. The maximum absolute atomic E-state index is 12.4. The molecule has 0 aliphatic carbocycles. The quantitative estimate of drug-likeness (QED) is 0.906. The van der Waals surface area contributed by atoms with Gasteiger partial charge in [0, 0.05) is 5.69 Å². The summed E-state index contributed by atoms with van der Waals surface area (Å²) in [6.07, 6.45) is 0.816. The van der Waals surface area contributed by atoms with Gasteiger partial charge in [0.05, 0.1) is 18.6 Å². The summed E-state index contributed by atoms with van der Waals surface area (Å²) < 4.78 is 5.22. The van der Waals surface area contributed by atoms with Gasteiger partial charge in [-0.3, -0.25) is 4.79 Å². The summed E-state index contributed by atoms with van der Waals surface area (Å²) in [5.74, 6) is 0.0814. The van der Waals surface area contributed by atoms with Crippen LogP contribution in [0.2, 0.25) is 0 Å². The summed E-state index contributed by atoms with van der Waals surface area (Å²) in [7, 11) is 0. The predicted molar refractivity (Wildman–Crippen MR) is 77.3 cm³/mol. The Labute approximate surface area is 115 Å². The van der Waals surface area contributed by atoms with E-state index in [0.29, 0.717) is 13.2 Å². The zero-order valence-corrected chi connectivity index (χ0v) is 12.2. The van der Waals surface area contributed by atoms with Crippen molar-refractivity contribution in [3.05, 3.63) is 29.8 Å². The first-order chi connectivity index (χ1) is 8.89. The van der Waals surface area contributed by atoms with E-state index in [9.17, 15) is 4.79 Å². The van der Waals surface area contributed by atoms with Crippen LogP contribution in [0.15, 0.2) is 24.3 Å². The van der Waals surface area contributed by atoms with Crippen molar-refractivity contribution in [1.82, 2.24) is 0 Å². The van der Waals surface area contributed by atoms with E-state index in [4.69, 9.17) is 4.74 Å². The first-order valence-corrected chi connectivity index (χ1v) is 6.88. The zero-order chi connectivity index (χ0) is 14.1. The lowest BCUT2D eigenvalue weighted by atomic mass is 9.81. The molecule has 1 amide bonds. The van der Waals surface area contributed by atoms with Gasteiger partial charge in [0.25, 0.3) is 0 Å². The van der Waals surface area contributed by atoms with Crippen molar-refractivity contribution in [2.24, 2.45) is 5.41 Å². The molecule has 0 atom stereocenters. The lowest BCUT2D eigenvalue weighted by Gasteiger charge is -2.39. The number of para-hydroxylation sites is 1. The first-order valence-electron chi connectivity index (χ1n) is 6.88. The molecule has 0 saturated carbocycles. The molecule has 3 heteroatoms. The molecule has 0 aromatic heterocycles. The lowest BCUT2D eigenvalue weighted by molar-refractivity contribution is -0.156. The molecule has 1 aromatic rings. The molecular weight excluding hydrogens is 238 g/mol. The number of rotatable bonds is 3. The Bertz CT molecular complexity index is 464. The number of carbonyl (C=O) groups is 1. The average molecular weight is 261 g/mol. The molecule has 0 unspecified atom stereocenters. The summed E-state index contributed by atoms with van der Waals surface area (Å²) in [6.45, 7) is 9.57. The third-order valence-corrected chi connectivity index (χ3v) is 3.90. The van der Waals surface area contributed by atoms with Gasteiger partial charge in [-0.2, -0.15) is 0 Å². The average Bonchev–Trinajstić information content (AvgIpc) is 2.27. The Hall–Kier alpha value is -1.35. The summed E-state index contributed by atoms with van der Waals surface area (Å²) in [5, 5.41) is 3.09. The van der Waals surface area contributed by atoms with E-state index in [1.54, 1.807) is 0 Å². The normalized spacial score (nSPS) is 17.7. The fourth-order valence-electron chi connectivity index (χ4n) is 2.35. The van der Waals surface area contributed by atoms with Gasteiger partial charge in [0.2, 0.25) is 5.91 Å². The highest BCUT2D eigenvalue weighted by Gasteiger charge is 2.44. The van der Waals surface area contributed by atoms with Crippen LogP contribution in [0.4, 0.5) is 5.69 Å². The van der Waals surface area contributed by atoms with E-state index < -0.39 is 0 Å². The van der Waals surface area contributed by atoms with Crippen LogP contribution < -0.4 is 5.32 Å². The number of ether oxygens (including phenoxy) is 1. The Balaban J connectivity index is 2.22. The fraction of sp³-hybridized carbons (Fsp3) is 0.562. The summed E-state index contributed by atoms with van der Waals surface area (Å²) in [4.78, 5) is 12.4. The second-order valence-electron chi connectivity index (χ2n) is 6.38. The largest absolute Gasteiger partial charge is 0.379 e. The molecule has 1 heterocycles. The summed E-state index contributed by atoms with van der Waals surface area (Å²) in [6, 6.07) is 8.02. The van der Waals surface area contributed by atoms with Gasteiger partial charge in [0.15, 0.2) is 0 Å². The van der Waals surface area contributed by atoms with Crippen LogP contribution in [0.5, 0.6) is 0 Å². The van der Waals surface area contributed by atoms with Crippen molar-refractivity contribution in [3.8, 4) is 0 Å². The van der Waals surface area contributed by atoms with E-state index in [1.807, 2.05) is 25.1 Å². The van der Waals surface area contributed by atoms with Crippen LogP contribution in [0.1, 0.15) is 39.7 Å². The summed E-state index contributed by atoms with van der Waals surface area (Å²) >= 11 is 0. The highest BCUT2D eigenvalue weighted by Crippen LogP contribution is 2.35. The van der Waals surface area contributed by atoms with Gasteiger partial charge < -0.3 is 10.1 Å². The molecule has 1 aliphatic rings. The van der Waals surface area contributed by atoms with E-state index in [-0.39, 0.29) is 16.7 Å². The molecule has 104 valence electrons. The number of hydrogen-bond acceptors (Lipinski definition) is 2. The molecule has 2 rings (SSSR count). The van der Waals surface area contributed by atoms with Crippen molar-refractivity contribution in [2.45, 2.75) is 39.5 Å². The Morgan fingerprint density at radius 1 is 1.32 bits per heavy atom. The molecule has 1 N–H and O–H groups in total. The predicted octanol–water partition coefficient (Wildman–Crippen LogP) is 3.35. The molecule has 0 radical (unpaired) electrons. The van der Waals surface area contributed by atoms with E-state index in [0.717, 1.165) is 17.7 Å². The van der Waals surface area contributed by atoms with E-state index in [1.165, 1.54) is 0 Å². The second kappa shape index (κ2) is 4.97. The molecule has 1 aromatic carbocycles. The standard InChI is InChI=1S/C16H23NO2/c1-5-16(10-19-11-16)14(18)17-13-9-7-6-8-12(13)15(2,3)4/h6-9H,5,10-11H2,1-4H3,(H,17,18). The molecule has 1 saturated heterocycles. The lowest BCUT2D eigenvalue weighted by Crippen LogP contribution is -2.51. The van der Waals surface area contributed by atoms with Gasteiger partial charge in [-0.05, 0) is 23.5 Å². The van der Waals surface area contributed by atoms with Crippen LogP contribution in [-0.4, -0.2) is 19.1 Å². The van der Waals surface area contributed by atoms with Crippen molar-refractivity contribution in [3.63, 3.8) is 0 Å². The summed E-state index contributed by atoms with van der Waals surface area (Å²) in [5.41, 5.74) is 1.76. The Morgan fingerprint density at radius 2 is 1.95 bits per heavy atom. The zero-order valence-electron chi connectivity index (χ0n) is 12.2. The second-order valence-corrected chi connectivity index (χ2v) is 6.38. The van der Waals surface area contributed by atoms with Gasteiger partial charge in [-0.25, -0.2) is 0 Å². The third kappa shape index (κ3) is 2.66. The van der Waals surface area contributed by atoms with Gasteiger partial charge in [0.1, 0.15) is 0 Å². The maximum Gasteiger partial charge on any atom is 0.235 e. The molecular formula is C16H23NO2. The Kier molecular flexibility index (Phi) is 3.68. The molecule has 19 heavy (non-hydrogen) atoms. The monoisotopic (exact) mass is 261 g/mol. The van der Waals surface area contributed by atoms with Crippen molar-refractivity contribution >= 4 is 11.6 Å². The number of carbonyl (C=O) groups excluding carboxylic acids is 1. The molecule has 1 aliphatic heterocycles. The minimum atomic E-state index is -0.328. The minimum Gasteiger partial charge on any atom is -0.379 e. The van der Waals surface area contributed by atoms with Gasteiger partial charge in [-0.1, -0.05) is 45.9 Å². The van der Waals surface area contributed by atoms with E-state index in [2.05, 4.69) is 32.2 Å². The SMILES string of the molecule is CCC1(C(=O)Nc2ccccc2C(C)(C)C)COC1. The van der Waals surface area contributed by atoms with Crippen LogP contribution in [0.3, 0.4) is 0 Å². The van der Waals surface area contributed by atoms with E-state index >= 15 is 0 Å². The van der Waals surface area contributed by atoms with Crippen LogP contribution in [0, 0.1) is 5.41 Å². The number of anilines is 1. The van der Waals surface area contributed by atoms with Gasteiger partial charge >= 0.3 is 0 Å². The van der Waals surface area contributed by atoms with Crippen molar-refractivity contribution in [1.29, 1.82) is 0 Å². The minimum absolute atomic E-state index is 0.0133. The molecule has 3 nitrogen and oxygen atoms in total. The number of nitrogens with one attached hydrogen (secondary N) is 1.